The van der Waals surface area contributed by atoms with E-state index in [0.29, 0.717) is 22.8 Å². The van der Waals surface area contributed by atoms with Gasteiger partial charge in [0.2, 0.25) is 5.78 Å². The normalized spacial score (nSPS) is 10.0. The fourth-order valence-electron chi connectivity index (χ4n) is 1.82. The molecule has 0 saturated carbocycles. The minimum Gasteiger partial charge on any atom is -0.497 e. The molecule has 0 bridgehead atoms. The highest BCUT2D eigenvalue weighted by Crippen LogP contribution is 2.29. The van der Waals surface area contributed by atoms with E-state index in [9.17, 15) is 4.79 Å². The van der Waals surface area contributed by atoms with E-state index in [2.05, 4.69) is 15.9 Å². The van der Waals surface area contributed by atoms with Gasteiger partial charge in [0.1, 0.15) is 17.2 Å². The van der Waals surface area contributed by atoms with Crippen molar-refractivity contribution in [1.29, 1.82) is 0 Å². The van der Waals surface area contributed by atoms with Crippen LogP contribution in [0.3, 0.4) is 0 Å². The van der Waals surface area contributed by atoms with Crippen LogP contribution in [-0.4, -0.2) is 26.6 Å². The monoisotopic (exact) mass is 350 g/mol. The summed E-state index contributed by atoms with van der Waals surface area (Å²) in [7, 11) is 3.13. The fourth-order valence-corrected chi connectivity index (χ4v) is 2.29. The van der Waals surface area contributed by atoms with Gasteiger partial charge in [0.05, 0.1) is 24.3 Å². The summed E-state index contributed by atoms with van der Waals surface area (Å²) in [6.07, 6.45) is 0. The second-order valence-corrected chi connectivity index (χ2v) is 5.06. The van der Waals surface area contributed by atoms with E-state index in [0.717, 1.165) is 4.47 Å². The SMILES string of the molecule is COc1ccc(OCC(=O)c2ccccc2OC)c(Br)c1. The molecule has 0 aromatic heterocycles. The van der Waals surface area contributed by atoms with Gasteiger partial charge in [-0.25, -0.2) is 0 Å². The van der Waals surface area contributed by atoms with Crippen LogP contribution < -0.4 is 14.2 Å². The molecule has 0 heterocycles. The maximum atomic E-state index is 12.2. The number of methoxy groups -OCH3 is 2. The van der Waals surface area contributed by atoms with E-state index in [4.69, 9.17) is 14.2 Å². The van der Waals surface area contributed by atoms with E-state index in [1.165, 1.54) is 7.11 Å². The lowest BCUT2D eigenvalue weighted by Gasteiger charge is -2.10. The van der Waals surface area contributed by atoms with Gasteiger partial charge in [-0.15, -0.1) is 0 Å². The maximum Gasteiger partial charge on any atom is 0.203 e. The van der Waals surface area contributed by atoms with Crippen LogP contribution in [0.1, 0.15) is 10.4 Å². The summed E-state index contributed by atoms with van der Waals surface area (Å²) < 4.78 is 16.6. The number of carbonyl (C=O) groups excluding carboxylic acids is 1. The zero-order chi connectivity index (χ0) is 15.2. The second kappa shape index (κ2) is 7.13. The van der Waals surface area contributed by atoms with Crippen molar-refractivity contribution >= 4 is 21.7 Å². The molecule has 0 aliphatic carbocycles. The number of rotatable bonds is 6. The van der Waals surface area contributed by atoms with Crippen LogP contribution in [0, 0.1) is 0 Å². The summed E-state index contributed by atoms with van der Waals surface area (Å²) in [4.78, 5) is 12.2. The van der Waals surface area contributed by atoms with Gasteiger partial charge in [-0.3, -0.25) is 4.79 Å². The lowest BCUT2D eigenvalue weighted by atomic mass is 10.1. The topological polar surface area (TPSA) is 44.8 Å². The first kappa shape index (κ1) is 15.4. The molecular formula is C16H15BrO4. The molecule has 4 nitrogen and oxygen atoms in total. The first-order chi connectivity index (χ1) is 10.2. The van der Waals surface area contributed by atoms with Crippen LogP contribution in [0.15, 0.2) is 46.9 Å². The lowest BCUT2D eigenvalue weighted by molar-refractivity contribution is 0.0918. The number of benzene rings is 2. The van der Waals surface area contributed by atoms with E-state index in [-0.39, 0.29) is 12.4 Å². The molecule has 0 aliphatic heterocycles. The van der Waals surface area contributed by atoms with Gasteiger partial charge in [0.15, 0.2) is 6.61 Å². The second-order valence-electron chi connectivity index (χ2n) is 4.21. The van der Waals surface area contributed by atoms with Crippen LogP contribution >= 0.6 is 15.9 Å². The third kappa shape index (κ3) is 3.76. The first-order valence-corrected chi connectivity index (χ1v) is 7.07. The molecule has 0 aliphatic rings. The van der Waals surface area contributed by atoms with Crippen LogP contribution in [0.2, 0.25) is 0 Å². The Labute approximate surface area is 131 Å². The molecule has 0 atom stereocenters. The van der Waals surface area contributed by atoms with E-state index >= 15 is 0 Å². The summed E-state index contributed by atoms with van der Waals surface area (Å²) in [5.74, 6) is 1.69. The van der Waals surface area contributed by atoms with Gasteiger partial charge >= 0.3 is 0 Å². The minimum atomic E-state index is -0.143. The van der Waals surface area contributed by atoms with Crippen molar-refractivity contribution in [3.8, 4) is 17.2 Å². The lowest BCUT2D eigenvalue weighted by Crippen LogP contribution is -2.12. The predicted molar refractivity (Wildman–Crippen MR) is 83.5 cm³/mol. The maximum absolute atomic E-state index is 12.2. The van der Waals surface area contributed by atoms with E-state index < -0.39 is 0 Å². The van der Waals surface area contributed by atoms with Gasteiger partial charge < -0.3 is 14.2 Å². The molecule has 2 rings (SSSR count). The van der Waals surface area contributed by atoms with Crippen LogP contribution in [0.5, 0.6) is 17.2 Å². The van der Waals surface area contributed by atoms with Gasteiger partial charge in [-0.2, -0.15) is 0 Å². The van der Waals surface area contributed by atoms with Crippen LogP contribution in [0.4, 0.5) is 0 Å². The molecule has 0 amide bonds. The number of hydrogen-bond acceptors (Lipinski definition) is 4. The zero-order valence-corrected chi connectivity index (χ0v) is 13.3. The number of Topliss-reactive ketones (excluding diaryl/α,β-unsaturated/α-hetero) is 1. The van der Waals surface area contributed by atoms with Gasteiger partial charge in [0, 0.05) is 0 Å². The summed E-state index contributed by atoms with van der Waals surface area (Å²) >= 11 is 3.38. The Morgan fingerprint density at radius 1 is 1.05 bits per heavy atom. The summed E-state index contributed by atoms with van der Waals surface area (Å²) in [5.41, 5.74) is 0.504. The average Bonchev–Trinajstić information content (AvgIpc) is 2.53. The largest absolute Gasteiger partial charge is 0.497 e. The van der Waals surface area contributed by atoms with Crippen molar-refractivity contribution in [2.75, 3.05) is 20.8 Å². The number of ketones is 1. The predicted octanol–water partition coefficient (Wildman–Crippen LogP) is 3.73. The highest BCUT2D eigenvalue weighted by molar-refractivity contribution is 9.10. The van der Waals surface area contributed by atoms with Crippen LogP contribution in [0.25, 0.3) is 0 Å². The molecule has 0 unspecified atom stereocenters. The molecule has 0 radical (unpaired) electrons. The summed E-state index contributed by atoms with van der Waals surface area (Å²) in [6, 6.07) is 12.4. The first-order valence-electron chi connectivity index (χ1n) is 6.28. The smallest absolute Gasteiger partial charge is 0.203 e. The van der Waals surface area contributed by atoms with Crippen molar-refractivity contribution in [3.05, 3.63) is 52.5 Å². The third-order valence-corrected chi connectivity index (χ3v) is 3.52. The molecule has 110 valence electrons. The van der Waals surface area contributed by atoms with Gasteiger partial charge in [-0.1, -0.05) is 12.1 Å². The zero-order valence-electron chi connectivity index (χ0n) is 11.8. The Bertz CT molecular complexity index is 640. The standard InChI is InChI=1S/C16H15BrO4/c1-19-11-7-8-16(13(17)9-11)21-10-14(18)12-5-3-4-6-15(12)20-2/h3-9H,10H2,1-2H3. The number of ether oxygens (including phenoxy) is 3. The minimum absolute atomic E-state index is 0.0642. The molecule has 21 heavy (non-hydrogen) atoms. The Kier molecular flexibility index (Phi) is 5.22. The Morgan fingerprint density at radius 2 is 1.81 bits per heavy atom. The molecule has 5 heteroatoms. The molecule has 0 fully saturated rings. The van der Waals surface area contributed by atoms with E-state index in [1.54, 1.807) is 43.5 Å². The fraction of sp³-hybridized carbons (Fsp3) is 0.188. The average molecular weight is 351 g/mol. The van der Waals surface area contributed by atoms with Crippen molar-refractivity contribution in [1.82, 2.24) is 0 Å². The Hall–Kier alpha value is -2.01. The summed E-state index contributed by atoms with van der Waals surface area (Å²) in [6.45, 7) is -0.0642. The van der Waals surface area contributed by atoms with Crippen molar-refractivity contribution < 1.29 is 19.0 Å². The van der Waals surface area contributed by atoms with E-state index in [1.807, 2.05) is 6.07 Å². The molecule has 0 spiro atoms. The van der Waals surface area contributed by atoms with Crippen molar-refractivity contribution in [2.24, 2.45) is 0 Å². The molecule has 0 saturated heterocycles. The number of hydrogen-bond donors (Lipinski definition) is 0. The molecule has 0 N–H and O–H groups in total. The van der Waals surface area contributed by atoms with Gasteiger partial charge in [0.25, 0.3) is 0 Å². The molecular weight excluding hydrogens is 336 g/mol. The third-order valence-electron chi connectivity index (χ3n) is 2.91. The summed E-state index contributed by atoms with van der Waals surface area (Å²) in [5, 5.41) is 0. The van der Waals surface area contributed by atoms with Crippen LogP contribution in [-0.2, 0) is 0 Å². The number of para-hydroxylation sites is 1. The number of halogens is 1. The Morgan fingerprint density at radius 3 is 2.48 bits per heavy atom. The van der Waals surface area contributed by atoms with Crippen molar-refractivity contribution in [2.45, 2.75) is 0 Å². The highest BCUT2D eigenvalue weighted by Gasteiger charge is 2.13. The van der Waals surface area contributed by atoms with Crippen molar-refractivity contribution in [3.63, 3.8) is 0 Å². The highest BCUT2D eigenvalue weighted by atomic mass is 79.9. The van der Waals surface area contributed by atoms with Gasteiger partial charge in [-0.05, 0) is 46.3 Å². The molecule has 2 aromatic rings. The Balaban J connectivity index is 2.07. The number of carbonyl (C=O) groups is 1. The molecule has 2 aromatic carbocycles. The quantitative estimate of drug-likeness (QED) is 0.744.